The zero-order valence-electron chi connectivity index (χ0n) is 28.4. The number of anilines is 2. The molecule has 7 rings (SSSR count). The topological polar surface area (TPSA) is 135 Å². The van der Waals surface area contributed by atoms with E-state index in [0.717, 1.165) is 108 Å². The van der Waals surface area contributed by atoms with Crippen LogP contribution in [-0.2, 0) is 35.5 Å². The van der Waals surface area contributed by atoms with Crippen LogP contribution in [-0.4, -0.2) is 86.0 Å². The molecule has 0 spiro atoms. The minimum Gasteiger partial charge on any atom is -0.487 e. The van der Waals surface area contributed by atoms with E-state index in [4.69, 9.17) is 36.1 Å². The molecule has 0 saturated carbocycles. The van der Waals surface area contributed by atoms with Gasteiger partial charge in [0, 0.05) is 35.4 Å². The average Bonchev–Trinajstić information content (AvgIpc) is 3.72. The van der Waals surface area contributed by atoms with Crippen LogP contribution in [0, 0.1) is 5.82 Å². The summed E-state index contributed by atoms with van der Waals surface area (Å²) in [4.78, 5) is 22.6. The molecule has 0 bridgehead atoms. The summed E-state index contributed by atoms with van der Waals surface area (Å²) in [7, 11) is 0. The largest absolute Gasteiger partial charge is 0.490 e. The van der Waals surface area contributed by atoms with E-state index < -0.39 is 18.2 Å². The van der Waals surface area contributed by atoms with E-state index in [1.165, 1.54) is 17.7 Å². The van der Waals surface area contributed by atoms with Gasteiger partial charge < -0.3 is 25.0 Å². The Kier molecular flexibility index (Phi) is 12.5. The molecule has 17 heteroatoms. The van der Waals surface area contributed by atoms with Crippen LogP contribution in [0.1, 0.15) is 36.1 Å². The van der Waals surface area contributed by atoms with Gasteiger partial charge in [0.1, 0.15) is 35.1 Å². The lowest BCUT2D eigenvalue weighted by atomic mass is 9.95. The molecule has 11 nitrogen and oxygen atoms in total. The Morgan fingerprint density at radius 3 is 2.64 bits per heavy atom. The van der Waals surface area contributed by atoms with Crippen molar-refractivity contribution in [1.82, 2.24) is 24.6 Å². The van der Waals surface area contributed by atoms with Crippen molar-refractivity contribution >= 4 is 50.6 Å². The Morgan fingerprint density at radius 2 is 1.91 bits per heavy atom. The van der Waals surface area contributed by atoms with E-state index in [1.54, 1.807) is 35.9 Å². The molecule has 282 valence electrons. The van der Waals surface area contributed by atoms with Crippen molar-refractivity contribution in [1.29, 1.82) is 0 Å². The van der Waals surface area contributed by atoms with Crippen LogP contribution in [0.3, 0.4) is 0 Å². The van der Waals surface area contributed by atoms with Gasteiger partial charge in [-0.25, -0.2) is 19.2 Å². The summed E-state index contributed by atoms with van der Waals surface area (Å²) in [5.41, 5.74) is 4.87. The van der Waals surface area contributed by atoms with E-state index in [2.05, 4.69) is 26.4 Å². The molecule has 3 aromatic heterocycles. The number of rotatable bonds is 12. The summed E-state index contributed by atoms with van der Waals surface area (Å²) < 4.78 is 58.4. The molecule has 1 atom stereocenters. The number of aromatic nitrogens is 4. The maximum Gasteiger partial charge on any atom is 0.490 e. The molecule has 53 heavy (non-hydrogen) atoms. The van der Waals surface area contributed by atoms with Gasteiger partial charge >= 0.3 is 12.1 Å². The Labute approximate surface area is 311 Å². The minimum atomic E-state index is -5.08. The fraction of sp³-hybridized carbons (Fsp3) is 0.389. The standard InChI is InChI=1S/C34H36ClFN6O3S.C2HF3O2/c35-28-17-24(7-10-30(28)45-20-22-4-3-5-23(36)16-22)39-33-31-26-8-9-29-27(32(26)46-34(31)38-21-37-33)19-42(40-29)18-25(43)6-1-2-11-41-12-14-44-15-13-41;3-2(4,5)1(6)7/h3-5,7,10,16-17,19,21,25,43H,1-2,6,8-9,11-15,18,20H2,(H,37,38,39);(H,6,7)/t25-;/m1./s1. The first-order valence-electron chi connectivity index (χ1n) is 17.0. The van der Waals surface area contributed by atoms with Gasteiger partial charge in [-0.2, -0.15) is 18.3 Å². The Bertz CT molecular complexity index is 2040. The summed E-state index contributed by atoms with van der Waals surface area (Å²) in [6.07, 6.45) is 2.61. The summed E-state index contributed by atoms with van der Waals surface area (Å²) in [5, 5.41) is 27.6. The fourth-order valence-corrected chi connectivity index (χ4v) is 7.64. The van der Waals surface area contributed by atoms with E-state index in [1.807, 2.05) is 16.8 Å². The molecule has 2 aromatic carbocycles. The number of carboxylic acids is 1. The first-order chi connectivity index (χ1) is 25.4. The van der Waals surface area contributed by atoms with Gasteiger partial charge in [-0.15, -0.1) is 11.3 Å². The minimum absolute atomic E-state index is 0.213. The number of nitrogens with zero attached hydrogens (tertiary/aromatic N) is 5. The number of aliphatic hydroxyl groups is 1. The molecular weight excluding hydrogens is 740 g/mol. The van der Waals surface area contributed by atoms with E-state index in [9.17, 15) is 22.7 Å². The number of alkyl halides is 3. The summed E-state index contributed by atoms with van der Waals surface area (Å²) in [6.45, 7) is 5.40. The quantitative estimate of drug-likeness (QED) is 0.0878. The van der Waals surface area contributed by atoms with Crippen molar-refractivity contribution < 1.29 is 42.0 Å². The van der Waals surface area contributed by atoms with Gasteiger partial charge in [0.05, 0.1) is 42.0 Å². The Hall–Kier alpha value is -4.35. The van der Waals surface area contributed by atoms with Gasteiger partial charge in [0.15, 0.2) is 0 Å². The highest BCUT2D eigenvalue weighted by molar-refractivity contribution is 7.22. The zero-order chi connectivity index (χ0) is 37.5. The highest BCUT2D eigenvalue weighted by Gasteiger charge is 2.38. The molecule has 1 aliphatic carbocycles. The van der Waals surface area contributed by atoms with Gasteiger partial charge in [0.25, 0.3) is 0 Å². The number of aliphatic hydroxyl groups excluding tert-OH is 1. The number of halogens is 5. The number of carboxylic acid groups (broad SMARTS) is 1. The van der Waals surface area contributed by atoms with Crippen molar-refractivity contribution in [2.75, 3.05) is 38.2 Å². The van der Waals surface area contributed by atoms with Crippen molar-refractivity contribution in [3.63, 3.8) is 0 Å². The third kappa shape index (κ3) is 10.00. The molecular formula is C36H37ClF4N6O5S. The summed E-state index contributed by atoms with van der Waals surface area (Å²) in [6, 6.07) is 11.8. The van der Waals surface area contributed by atoms with Crippen LogP contribution in [0.2, 0.25) is 5.02 Å². The number of fused-ring (bicyclic) bond motifs is 5. The molecule has 5 aromatic rings. The molecule has 3 N–H and O–H groups in total. The molecule has 0 unspecified atom stereocenters. The lowest BCUT2D eigenvalue weighted by molar-refractivity contribution is -0.192. The number of thiophene rings is 1. The second-order valence-corrected chi connectivity index (χ2v) is 14.0. The lowest BCUT2D eigenvalue weighted by Gasteiger charge is -2.26. The number of morpholine rings is 1. The number of hydrogen-bond acceptors (Lipinski definition) is 10. The lowest BCUT2D eigenvalue weighted by Crippen LogP contribution is -2.36. The van der Waals surface area contributed by atoms with Crippen molar-refractivity contribution in [2.24, 2.45) is 0 Å². The van der Waals surface area contributed by atoms with Crippen LogP contribution < -0.4 is 10.1 Å². The van der Waals surface area contributed by atoms with Crippen molar-refractivity contribution in [3.05, 3.63) is 82.6 Å². The second-order valence-electron chi connectivity index (χ2n) is 12.6. The maximum absolute atomic E-state index is 13.5. The van der Waals surface area contributed by atoms with Gasteiger partial charge in [-0.05, 0) is 80.1 Å². The molecule has 1 fully saturated rings. The highest BCUT2D eigenvalue weighted by Crippen LogP contribution is 2.45. The van der Waals surface area contributed by atoms with Crippen molar-refractivity contribution in [2.45, 2.75) is 57.5 Å². The van der Waals surface area contributed by atoms with Crippen LogP contribution in [0.15, 0.2) is 55.0 Å². The molecule has 1 aliphatic heterocycles. The average molecular weight is 777 g/mol. The predicted molar refractivity (Wildman–Crippen MR) is 192 cm³/mol. The first-order valence-corrected chi connectivity index (χ1v) is 18.2. The van der Waals surface area contributed by atoms with E-state index in [-0.39, 0.29) is 12.4 Å². The number of nitrogens with one attached hydrogen (secondary N) is 1. The number of aryl methyl sites for hydroxylation is 2. The maximum atomic E-state index is 13.5. The van der Waals surface area contributed by atoms with Crippen LogP contribution >= 0.6 is 22.9 Å². The van der Waals surface area contributed by atoms with E-state index in [0.29, 0.717) is 17.3 Å². The third-order valence-corrected chi connectivity index (χ3v) is 10.2. The highest BCUT2D eigenvalue weighted by atomic mass is 35.5. The normalized spacial score (nSPS) is 14.9. The Morgan fingerprint density at radius 1 is 1.11 bits per heavy atom. The van der Waals surface area contributed by atoms with Crippen molar-refractivity contribution in [3.8, 4) is 16.2 Å². The number of carbonyl (C=O) groups is 1. The monoisotopic (exact) mass is 776 g/mol. The summed E-state index contributed by atoms with van der Waals surface area (Å²) >= 11 is 8.21. The smallest absolute Gasteiger partial charge is 0.487 e. The predicted octanol–water partition coefficient (Wildman–Crippen LogP) is 7.27. The number of benzene rings is 2. The van der Waals surface area contributed by atoms with Crippen LogP contribution in [0.25, 0.3) is 20.7 Å². The number of ether oxygens (including phenoxy) is 2. The number of hydrogen-bond donors (Lipinski definition) is 3. The molecule has 2 aliphatic rings. The van der Waals surface area contributed by atoms with Gasteiger partial charge in [-0.3, -0.25) is 9.58 Å². The SMILES string of the molecule is O=C(O)C(F)(F)F.O[C@H](CCCCN1CCOCC1)Cn1cc2c(n1)CCc1c-2sc2ncnc(Nc3ccc(OCc4cccc(F)c4)c(Cl)c3)c12. The molecule has 0 amide bonds. The number of aliphatic carboxylic acids is 1. The second kappa shape index (κ2) is 17.2. The van der Waals surface area contributed by atoms with Crippen LogP contribution in [0.4, 0.5) is 29.1 Å². The van der Waals surface area contributed by atoms with Crippen LogP contribution in [0.5, 0.6) is 5.75 Å². The van der Waals surface area contributed by atoms with Gasteiger partial charge in [0.2, 0.25) is 0 Å². The Balaban J connectivity index is 0.000000626. The molecule has 1 saturated heterocycles. The summed E-state index contributed by atoms with van der Waals surface area (Å²) in [5.74, 6) is -1.83. The first kappa shape index (κ1) is 38.4. The fourth-order valence-electron chi connectivity index (χ4n) is 6.18. The zero-order valence-corrected chi connectivity index (χ0v) is 30.0. The number of unbranched alkanes of at least 4 members (excludes halogenated alkanes) is 1. The van der Waals surface area contributed by atoms with Gasteiger partial charge in [-0.1, -0.05) is 23.7 Å². The van der Waals surface area contributed by atoms with E-state index >= 15 is 0 Å². The molecule has 4 heterocycles. The third-order valence-electron chi connectivity index (χ3n) is 8.77. The molecule has 0 radical (unpaired) electrons.